The van der Waals surface area contributed by atoms with E-state index in [1.54, 1.807) is 0 Å². The van der Waals surface area contributed by atoms with Crippen LogP contribution in [0.1, 0.15) is 0 Å². The van der Waals surface area contributed by atoms with E-state index in [1.165, 1.54) is 0 Å². The van der Waals surface area contributed by atoms with E-state index in [2.05, 4.69) is 0 Å². The number of hydrogen-bond acceptors (Lipinski definition) is 4. The molecule has 0 unspecified atom stereocenters. The first-order chi connectivity index (χ1) is 2.00. The van der Waals surface area contributed by atoms with Crippen molar-refractivity contribution in [1.29, 1.82) is 0 Å². The Bertz CT molecular complexity index is 23.0. The summed E-state index contributed by atoms with van der Waals surface area (Å²) >= 11 is 0. The molecule has 0 spiro atoms. The summed E-state index contributed by atoms with van der Waals surface area (Å²) in [7, 11) is -4.69. The summed E-state index contributed by atoms with van der Waals surface area (Å²) in [6.07, 6.45) is 0. The van der Waals surface area contributed by atoms with Crippen LogP contribution in [0.5, 0.6) is 0 Å². The molecule has 0 saturated heterocycles. The normalized spacial score (nSPS) is 10.0. The summed E-state index contributed by atoms with van der Waals surface area (Å²) < 4.78 is 32.7. The van der Waals surface area contributed by atoms with E-state index in [4.69, 9.17) is 18.6 Å². The largest absolute Gasteiger partial charge is 0.183 e. The van der Waals surface area contributed by atoms with Crippen LogP contribution in [0.3, 0.4) is 0 Å². The Kier molecular flexibility index (Phi) is 6.06. The Labute approximate surface area is 69.0 Å². The van der Waals surface area contributed by atoms with Crippen LogP contribution in [0.4, 0.5) is 0 Å². The van der Waals surface area contributed by atoms with E-state index in [0.29, 0.717) is 0 Å². The first-order valence-corrected chi connectivity index (χ1v) is 1.90. The van der Waals surface area contributed by atoms with Crippen molar-refractivity contribution in [2.24, 2.45) is 0 Å². The van der Waals surface area contributed by atoms with Gasteiger partial charge in [-0.05, 0) is 0 Å². The van der Waals surface area contributed by atoms with Crippen LogP contribution in [0, 0.1) is 51.1 Å². The Hall–Kier alpha value is 1.48. The van der Waals surface area contributed by atoms with Crippen LogP contribution >= 0.6 is 0 Å². The standard InChI is InChI=1S/ClHO4.Nd/c2-1(3,4)5;/h(H,2,3,4,5);. The van der Waals surface area contributed by atoms with Crippen molar-refractivity contribution in [2.75, 3.05) is 0 Å². The quantitative estimate of drug-likeness (QED) is 0.469. The Morgan fingerprint density at radius 1 is 1.17 bits per heavy atom. The van der Waals surface area contributed by atoms with Gasteiger partial charge in [-0.2, -0.15) is 14.0 Å². The molecule has 0 saturated carbocycles. The van der Waals surface area contributed by atoms with Crippen LogP contribution < -0.4 is 14.0 Å². The number of halogens is 1. The summed E-state index contributed by atoms with van der Waals surface area (Å²) in [5.74, 6) is 0. The minimum absolute atomic E-state index is 0. The van der Waals surface area contributed by atoms with Gasteiger partial charge in [0.25, 0.3) is 0 Å². The second-order valence-corrected chi connectivity index (χ2v) is 1.19. The minimum Gasteiger partial charge on any atom is -0.183 e. The van der Waals surface area contributed by atoms with Crippen molar-refractivity contribution in [2.45, 2.75) is 0 Å². The van der Waals surface area contributed by atoms with Gasteiger partial charge in [0.15, 0.2) is 0 Å². The molecule has 0 radical (unpaired) electrons. The van der Waals surface area contributed by atoms with Crippen molar-refractivity contribution in [3.8, 4) is 0 Å². The molecule has 0 aromatic rings. The molecule has 0 fully saturated rings. The van der Waals surface area contributed by atoms with Gasteiger partial charge >= 0.3 is 0 Å². The fraction of sp³-hybridized carbons (Fsp3) is 0. The summed E-state index contributed by atoms with van der Waals surface area (Å²) in [6, 6.07) is 0. The van der Waals surface area contributed by atoms with Gasteiger partial charge in [0.1, 0.15) is 0 Å². The van der Waals surface area contributed by atoms with Gasteiger partial charge in [0, 0.05) is 40.8 Å². The second kappa shape index (κ2) is 3.48. The third kappa shape index (κ3) is 50.2. The van der Waals surface area contributed by atoms with Crippen LogP contribution in [0.15, 0.2) is 0 Å². The number of hydrogen-bond donors (Lipinski definition) is 1. The van der Waals surface area contributed by atoms with Gasteiger partial charge in [-0.1, -0.05) is 0 Å². The molecule has 0 aliphatic heterocycles. The molecule has 6 heavy (non-hydrogen) atoms. The first-order valence-electron chi connectivity index (χ1n) is 0.632. The molecule has 6 heteroatoms. The van der Waals surface area contributed by atoms with E-state index >= 15 is 0 Å². The summed E-state index contributed by atoms with van der Waals surface area (Å²) in [4.78, 5) is 0. The molecular formula is HClNdO4. The SMILES string of the molecule is [Nd].[O-][Cl+3]([O-])([O-])O. The van der Waals surface area contributed by atoms with Crippen molar-refractivity contribution >= 4 is 0 Å². The topological polar surface area (TPSA) is 89.4 Å². The van der Waals surface area contributed by atoms with E-state index in [-0.39, 0.29) is 40.8 Å². The first kappa shape index (κ1) is 10.5. The van der Waals surface area contributed by atoms with Gasteiger partial charge < -0.3 is 0 Å². The molecular weight excluding hydrogens is 244 g/mol. The predicted molar refractivity (Wildman–Crippen MR) is 2.22 cm³/mol. The molecule has 0 atom stereocenters. The van der Waals surface area contributed by atoms with Gasteiger partial charge in [-0.25, -0.2) is 0 Å². The average Bonchev–Trinajstić information content (AvgIpc) is 0.722. The third-order valence-electron chi connectivity index (χ3n) is 0. The smallest absolute Gasteiger partial charge is 0.0777 e. The summed E-state index contributed by atoms with van der Waals surface area (Å²) in [6.45, 7) is 0. The molecule has 0 aliphatic carbocycles. The Morgan fingerprint density at radius 3 is 1.17 bits per heavy atom. The zero-order valence-electron chi connectivity index (χ0n) is 2.55. The van der Waals surface area contributed by atoms with Crippen molar-refractivity contribution in [3.63, 3.8) is 0 Å². The van der Waals surface area contributed by atoms with E-state index in [9.17, 15) is 0 Å². The van der Waals surface area contributed by atoms with Crippen LogP contribution in [-0.4, -0.2) is 4.66 Å². The molecule has 0 bridgehead atoms. The van der Waals surface area contributed by atoms with Gasteiger partial charge in [0.2, 0.25) is 0 Å². The molecule has 0 amide bonds. The monoisotopic (exact) mass is 242 g/mol. The molecule has 4 nitrogen and oxygen atoms in total. The third-order valence-corrected chi connectivity index (χ3v) is 0. The predicted octanol–water partition coefficient (Wildman–Crippen LogP) is -4.12. The van der Waals surface area contributed by atoms with Crippen LogP contribution in [-0.2, 0) is 0 Å². The molecule has 0 heterocycles. The molecule has 1 N–H and O–H groups in total. The van der Waals surface area contributed by atoms with Crippen molar-refractivity contribution in [3.05, 3.63) is 0 Å². The Morgan fingerprint density at radius 2 is 1.17 bits per heavy atom. The summed E-state index contributed by atoms with van der Waals surface area (Å²) in [5, 5.41) is 0. The maximum Gasteiger partial charge on any atom is 0.0777 e. The molecule has 0 aromatic carbocycles. The fourth-order valence-electron chi connectivity index (χ4n) is 0. The van der Waals surface area contributed by atoms with Gasteiger partial charge in [0.05, 0.1) is 14.9 Å². The summed E-state index contributed by atoms with van der Waals surface area (Å²) in [5.41, 5.74) is 0. The molecule has 0 aromatic heterocycles. The molecule has 36 valence electrons. The zero-order chi connectivity index (χ0) is 4.50. The van der Waals surface area contributed by atoms with E-state index in [0.717, 1.165) is 0 Å². The Balaban J connectivity index is 0. The van der Waals surface area contributed by atoms with Gasteiger partial charge in [-0.3, -0.25) is 0 Å². The molecule has 0 aliphatic rings. The fourth-order valence-corrected chi connectivity index (χ4v) is 0. The van der Waals surface area contributed by atoms with E-state index < -0.39 is 10.2 Å². The number of rotatable bonds is 0. The van der Waals surface area contributed by atoms with Gasteiger partial charge in [-0.15, -0.1) is 0 Å². The average molecular weight is 245 g/mol. The van der Waals surface area contributed by atoms with Crippen LogP contribution in [0.25, 0.3) is 0 Å². The second-order valence-electron chi connectivity index (χ2n) is 0.396. The maximum atomic E-state index is 8.60. The minimum atomic E-state index is -4.69. The van der Waals surface area contributed by atoms with Crippen molar-refractivity contribution in [1.82, 2.24) is 0 Å². The van der Waals surface area contributed by atoms with Crippen LogP contribution in [0.2, 0.25) is 0 Å². The molecule has 0 rings (SSSR count). The van der Waals surface area contributed by atoms with Crippen molar-refractivity contribution < 1.29 is 69.7 Å². The maximum absolute atomic E-state index is 8.60. The zero-order valence-corrected chi connectivity index (χ0v) is 6.51. The van der Waals surface area contributed by atoms with E-state index in [1.807, 2.05) is 0 Å².